The van der Waals surface area contributed by atoms with E-state index in [0.717, 1.165) is 22.4 Å². The van der Waals surface area contributed by atoms with E-state index in [4.69, 9.17) is 0 Å². The van der Waals surface area contributed by atoms with Gasteiger partial charge in [0.1, 0.15) is 6.54 Å². The average Bonchev–Trinajstić information content (AvgIpc) is 2.71. The zero-order chi connectivity index (χ0) is 18.8. The molecule has 4 amide bonds. The van der Waals surface area contributed by atoms with E-state index in [9.17, 15) is 14.4 Å². The van der Waals surface area contributed by atoms with Crippen LogP contribution in [-0.4, -0.2) is 47.3 Å². The fourth-order valence-electron chi connectivity index (χ4n) is 3.70. The molecule has 0 spiro atoms. The predicted octanol–water partition coefficient (Wildman–Crippen LogP) is 1.91. The van der Waals surface area contributed by atoms with Gasteiger partial charge in [0, 0.05) is 19.6 Å². The smallest absolute Gasteiger partial charge is 0.324 e. The summed E-state index contributed by atoms with van der Waals surface area (Å²) in [7, 11) is 0. The molecule has 2 aromatic carbocycles. The third-order valence-electron chi connectivity index (χ3n) is 5.25. The lowest BCUT2D eigenvalue weighted by Gasteiger charge is -2.34. The quantitative estimate of drug-likeness (QED) is 0.906. The number of urea groups is 1. The molecule has 0 radical (unpaired) electrons. The molecule has 6 nitrogen and oxygen atoms in total. The fraction of sp³-hybridized carbons (Fsp3) is 0.286. The van der Waals surface area contributed by atoms with Crippen molar-refractivity contribution in [3.8, 4) is 0 Å². The van der Waals surface area contributed by atoms with Gasteiger partial charge in [0.15, 0.2) is 0 Å². The van der Waals surface area contributed by atoms with E-state index in [0.29, 0.717) is 13.1 Å². The summed E-state index contributed by atoms with van der Waals surface area (Å²) < 4.78 is 0. The van der Waals surface area contributed by atoms with Gasteiger partial charge in [0.05, 0.1) is 5.92 Å². The van der Waals surface area contributed by atoms with Gasteiger partial charge in [-0.3, -0.25) is 14.5 Å². The Balaban J connectivity index is 1.47. The van der Waals surface area contributed by atoms with Gasteiger partial charge in [0.2, 0.25) is 11.8 Å². The van der Waals surface area contributed by atoms with Crippen LogP contribution < -0.4 is 5.32 Å². The van der Waals surface area contributed by atoms with Crippen LogP contribution in [0.25, 0.3) is 0 Å². The van der Waals surface area contributed by atoms with E-state index >= 15 is 0 Å². The number of benzene rings is 2. The largest absolute Gasteiger partial charge is 0.336 e. The Bertz CT molecular complexity index is 881. The van der Waals surface area contributed by atoms with Gasteiger partial charge >= 0.3 is 6.03 Å². The van der Waals surface area contributed by atoms with Crippen LogP contribution in [-0.2, 0) is 22.6 Å². The molecule has 0 aromatic heterocycles. The summed E-state index contributed by atoms with van der Waals surface area (Å²) in [6.45, 7) is 1.14. The van der Waals surface area contributed by atoms with Crippen molar-refractivity contribution in [2.75, 3.05) is 19.6 Å². The van der Waals surface area contributed by atoms with E-state index in [-0.39, 0.29) is 24.9 Å². The monoisotopic (exact) mass is 363 g/mol. The second-order valence-corrected chi connectivity index (χ2v) is 6.91. The summed E-state index contributed by atoms with van der Waals surface area (Å²) in [5.74, 6) is -0.990. The van der Waals surface area contributed by atoms with Crippen LogP contribution in [0.1, 0.15) is 22.6 Å². The molecule has 2 aliphatic rings. The molecule has 1 saturated heterocycles. The van der Waals surface area contributed by atoms with Gasteiger partial charge in [-0.15, -0.1) is 0 Å². The molecule has 27 heavy (non-hydrogen) atoms. The Kier molecular flexibility index (Phi) is 4.62. The number of nitrogens with one attached hydrogen (secondary N) is 1. The van der Waals surface area contributed by atoms with Gasteiger partial charge in [0.25, 0.3) is 0 Å². The van der Waals surface area contributed by atoms with Gasteiger partial charge in [-0.1, -0.05) is 54.6 Å². The molecule has 2 aromatic rings. The molecule has 2 aliphatic heterocycles. The van der Waals surface area contributed by atoms with E-state index in [1.165, 1.54) is 5.56 Å². The minimum Gasteiger partial charge on any atom is -0.336 e. The van der Waals surface area contributed by atoms with Crippen LogP contribution >= 0.6 is 0 Å². The van der Waals surface area contributed by atoms with Crippen LogP contribution in [0.5, 0.6) is 0 Å². The summed E-state index contributed by atoms with van der Waals surface area (Å²) in [4.78, 5) is 40.6. The second kappa shape index (κ2) is 7.23. The number of carbonyl (C=O) groups is 3. The van der Waals surface area contributed by atoms with Crippen LogP contribution in [0.4, 0.5) is 4.79 Å². The molecule has 0 bridgehead atoms. The molecule has 1 N–H and O–H groups in total. The van der Waals surface area contributed by atoms with Crippen LogP contribution in [0.15, 0.2) is 54.6 Å². The van der Waals surface area contributed by atoms with E-state index in [2.05, 4.69) is 11.4 Å². The van der Waals surface area contributed by atoms with E-state index < -0.39 is 11.9 Å². The standard InChI is InChI=1S/C21H21N3O3/c25-19(23-11-10-15-6-4-5-9-17(15)13-23)14-24-20(26)18(12-22-21(24)27)16-7-2-1-3-8-16/h1-9,18H,10-14H2,(H,22,27). The van der Waals surface area contributed by atoms with Crippen LogP contribution in [0, 0.1) is 0 Å². The topological polar surface area (TPSA) is 69.7 Å². The number of amides is 4. The molecular formula is C21H21N3O3. The molecule has 4 rings (SSSR count). The molecule has 1 fully saturated rings. The summed E-state index contributed by atoms with van der Waals surface area (Å²) >= 11 is 0. The van der Waals surface area contributed by atoms with E-state index in [1.807, 2.05) is 48.5 Å². The highest BCUT2D eigenvalue weighted by Gasteiger charge is 2.37. The minimum absolute atomic E-state index is 0.207. The Labute approximate surface area is 157 Å². The third-order valence-corrected chi connectivity index (χ3v) is 5.25. The minimum atomic E-state index is -0.502. The highest BCUT2D eigenvalue weighted by Crippen LogP contribution is 2.22. The highest BCUT2D eigenvalue weighted by molar-refractivity contribution is 6.03. The molecule has 0 saturated carbocycles. The summed E-state index contributed by atoms with van der Waals surface area (Å²) in [5, 5.41) is 2.73. The van der Waals surface area contributed by atoms with Crippen molar-refractivity contribution < 1.29 is 14.4 Å². The molecule has 6 heteroatoms. The number of hydrogen-bond acceptors (Lipinski definition) is 3. The normalized spacial score (nSPS) is 19.5. The van der Waals surface area contributed by atoms with Crippen molar-refractivity contribution in [1.29, 1.82) is 0 Å². The van der Waals surface area contributed by atoms with Crippen LogP contribution in [0.3, 0.4) is 0 Å². The molecular weight excluding hydrogens is 342 g/mol. The number of imide groups is 1. The first kappa shape index (κ1) is 17.3. The number of rotatable bonds is 3. The van der Waals surface area contributed by atoms with Gasteiger partial charge in [-0.2, -0.15) is 0 Å². The second-order valence-electron chi connectivity index (χ2n) is 6.91. The van der Waals surface area contributed by atoms with Gasteiger partial charge < -0.3 is 10.2 Å². The fourth-order valence-corrected chi connectivity index (χ4v) is 3.70. The number of nitrogens with zero attached hydrogens (tertiary/aromatic N) is 2. The number of fused-ring (bicyclic) bond motifs is 1. The summed E-state index contributed by atoms with van der Waals surface area (Å²) in [6, 6.07) is 16.9. The SMILES string of the molecule is O=C(CN1C(=O)NCC(c2ccccc2)C1=O)N1CCc2ccccc2C1. The maximum atomic E-state index is 12.8. The third kappa shape index (κ3) is 3.43. The predicted molar refractivity (Wildman–Crippen MR) is 99.9 cm³/mol. The maximum absolute atomic E-state index is 12.8. The number of hydrogen-bond donors (Lipinski definition) is 1. The van der Waals surface area contributed by atoms with Crippen molar-refractivity contribution >= 4 is 17.8 Å². The molecule has 2 heterocycles. The summed E-state index contributed by atoms with van der Waals surface area (Å²) in [6.07, 6.45) is 0.786. The first-order valence-electron chi connectivity index (χ1n) is 9.12. The Morgan fingerprint density at radius 2 is 1.70 bits per heavy atom. The van der Waals surface area contributed by atoms with Crippen molar-refractivity contribution in [2.24, 2.45) is 0 Å². The zero-order valence-electron chi connectivity index (χ0n) is 14.9. The molecule has 1 atom stereocenters. The van der Waals surface area contributed by atoms with Crippen molar-refractivity contribution in [3.05, 3.63) is 71.3 Å². The lowest BCUT2D eigenvalue weighted by molar-refractivity contribution is -0.140. The van der Waals surface area contributed by atoms with Crippen LogP contribution in [0.2, 0.25) is 0 Å². The first-order chi connectivity index (χ1) is 13.1. The average molecular weight is 363 g/mol. The first-order valence-corrected chi connectivity index (χ1v) is 9.12. The number of carbonyl (C=O) groups excluding carboxylic acids is 3. The Hall–Kier alpha value is -3.15. The Morgan fingerprint density at radius 1 is 1.00 bits per heavy atom. The van der Waals surface area contributed by atoms with E-state index in [1.54, 1.807) is 4.90 Å². The lowest BCUT2D eigenvalue weighted by atomic mass is 9.96. The Morgan fingerprint density at radius 3 is 2.48 bits per heavy atom. The van der Waals surface area contributed by atoms with Crippen molar-refractivity contribution in [1.82, 2.24) is 15.1 Å². The zero-order valence-corrected chi connectivity index (χ0v) is 14.9. The van der Waals surface area contributed by atoms with Gasteiger partial charge in [-0.05, 0) is 23.1 Å². The molecule has 138 valence electrons. The van der Waals surface area contributed by atoms with Crippen molar-refractivity contribution in [3.63, 3.8) is 0 Å². The highest BCUT2D eigenvalue weighted by atomic mass is 16.2. The summed E-state index contributed by atoms with van der Waals surface area (Å²) in [5.41, 5.74) is 3.21. The molecule has 1 unspecified atom stereocenters. The lowest BCUT2D eigenvalue weighted by Crippen LogP contribution is -2.56. The van der Waals surface area contributed by atoms with Gasteiger partial charge in [-0.25, -0.2) is 4.79 Å². The van der Waals surface area contributed by atoms with Crippen molar-refractivity contribution in [2.45, 2.75) is 18.9 Å². The maximum Gasteiger partial charge on any atom is 0.324 e. The molecule has 0 aliphatic carbocycles.